The highest BCUT2D eigenvalue weighted by Crippen LogP contribution is 2.17. The molecule has 2 N–H and O–H groups in total. The van der Waals surface area contributed by atoms with E-state index >= 15 is 0 Å². The van der Waals surface area contributed by atoms with E-state index in [0.29, 0.717) is 11.5 Å². The lowest BCUT2D eigenvalue weighted by molar-refractivity contribution is -0.0974. The van der Waals surface area contributed by atoms with Crippen molar-refractivity contribution in [1.29, 1.82) is 0 Å². The van der Waals surface area contributed by atoms with Gasteiger partial charge in [0.1, 0.15) is 5.69 Å². The molecule has 7 nitrogen and oxygen atoms in total. The van der Waals surface area contributed by atoms with Crippen molar-refractivity contribution in [3.05, 3.63) is 30.2 Å². The molecule has 0 atom stereocenters. The van der Waals surface area contributed by atoms with Gasteiger partial charge in [-0.1, -0.05) is 0 Å². The van der Waals surface area contributed by atoms with Crippen LogP contribution in [-0.4, -0.2) is 43.2 Å². The van der Waals surface area contributed by atoms with E-state index in [9.17, 15) is 4.79 Å². The van der Waals surface area contributed by atoms with Gasteiger partial charge in [0.05, 0.1) is 12.8 Å². The molecule has 0 unspecified atom stereocenters. The van der Waals surface area contributed by atoms with Gasteiger partial charge in [-0.05, 0) is 12.1 Å². The number of H-pyrrole nitrogens is 1. The zero-order valence-electron chi connectivity index (χ0n) is 10.7. The summed E-state index contributed by atoms with van der Waals surface area (Å²) in [5.74, 6) is 0.311. The molecule has 2 rings (SSSR count). The predicted octanol–water partition coefficient (Wildman–Crippen LogP) is 1.02. The number of rotatable bonds is 6. The van der Waals surface area contributed by atoms with Crippen LogP contribution in [0.2, 0.25) is 0 Å². The highest BCUT2D eigenvalue weighted by atomic mass is 16.7. The molecule has 0 fully saturated rings. The fourth-order valence-electron chi connectivity index (χ4n) is 1.53. The second-order valence-corrected chi connectivity index (χ2v) is 3.76. The summed E-state index contributed by atoms with van der Waals surface area (Å²) in [6, 6.07) is 5.15. The van der Waals surface area contributed by atoms with Gasteiger partial charge in [-0.15, -0.1) is 0 Å². The molecule has 0 aromatic carbocycles. The summed E-state index contributed by atoms with van der Waals surface area (Å²) in [7, 11) is 3.01. The minimum absolute atomic E-state index is 0.245. The third kappa shape index (κ3) is 3.21. The van der Waals surface area contributed by atoms with Crippen LogP contribution in [0.25, 0.3) is 11.5 Å². The molecule has 102 valence electrons. The van der Waals surface area contributed by atoms with Crippen molar-refractivity contribution in [3.8, 4) is 11.5 Å². The number of hydrogen-bond donors (Lipinski definition) is 2. The van der Waals surface area contributed by atoms with Gasteiger partial charge in [0.25, 0.3) is 5.91 Å². The molecule has 0 aliphatic rings. The number of nitrogens with one attached hydrogen (secondary N) is 2. The Bertz CT molecular complexity index is 517. The van der Waals surface area contributed by atoms with E-state index in [0.717, 1.165) is 0 Å². The first kappa shape index (κ1) is 13.3. The molecule has 2 heterocycles. The SMILES string of the molecule is COC(CNC(=O)c1cc(-c2ccco2)[nH]n1)OC. The molecule has 7 heteroatoms. The Balaban J connectivity index is 1.97. The summed E-state index contributed by atoms with van der Waals surface area (Å²) in [5.41, 5.74) is 0.919. The molecule has 0 bridgehead atoms. The van der Waals surface area contributed by atoms with Crippen molar-refractivity contribution in [3.63, 3.8) is 0 Å². The molecule has 19 heavy (non-hydrogen) atoms. The van der Waals surface area contributed by atoms with Gasteiger partial charge < -0.3 is 19.2 Å². The Kier molecular flexibility index (Phi) is 4.32. The average molecular weight is 265 g/mol. The fourth-order valence-corrected chi connectivity index (χ4v) is 1.53. The molecule has 0 aliphatic carbocycles. The van der Waals surface area contributed by atoms with E-state index in [2.05, 4.69) is 15.5 Å². The van der Waals surface area contributed by atoms with Crippen molar-refractivity contribution >= 4 is 5.91 Å². The highest BCUT2D eigenvalue weighted by molar-refractivity contribution is 5.93. The molecule has 1 amide bonds. The second kappa shape index (κ2) is 6.17. The Morgan fingerprint density at radius 2 is 2.32 bits per heavy atom. The number of aromatic amines is 1. The first-order valence-electron chi connectivity index (χ1n) is 5.67. The quantitative estimate of drug-likeness (QED) is 0.761. The zero-order valence-corrected chi connectivity index (χ0v) is 10.7. The number of hydrogen-bond acceptors (Lipinski definition) is 5. The largest absolute Gasteiger partial charge is 0.463 e. The Labute approximate surface area is 109 Å². The van der Waals surface area contributed by atoms with E-state index < -0.39 is 6.29 Å². The van der Waals surface area contributed by atoms with Crippen molar-refractivity contribution < 1.29 is 18.7 Å². The lowest BCUT2D eigenvalue weighted by Crippen LogP contribution is -2.34. The maximum Gasteiger partial charge on any atom is 0.271 e. The van der Waals surface area contributed by atoms with Gasteiger partial charge in [-0.3, -0.25) is 9.89 Å². The number of methoxy groups -OCH3 is 2. The molecular weight excluding hydrogens is 250 g/mol. The summed E-state index contributed by atoms with van der Waals surface area (Å²) < 4.78 is 15.1. The van der Waals surface area contributed by atoms with Crippen molar-refractivity contribution in [2.75, 3.05) is 20.8 Å². The second-order valence-electron chi connectivity index (χ2n) is 3.76. The number of amides is 1. The minimum Gasteiger partial charge on any atom is -0.463 e. The molecule has 2 aromatic rings. The Hall–Kier alpha value is -2.12. The van der Waals surface area contributed by atoms with E-state index in [1.807, 2.05) is 0 Å². The van der Waals surface area contributed by atoms with Crippen LogP contribution in [0, 0.1) is 0 Å². The first-order chi connectivity index (χ1) is 9.24. The smallest absolute Gasteiger partial charge is 0.271 e. The summed E-state index contributed by atoms with van der Waals surface area (Å²) in [5, 5.41) is 9.32. The van der Waals surface area contributed by atoms with Crippen LogP contribution in [-0.2, 0) is 9.47 Å². The third-order valence-corrected chi connectivity index (χ3v) is 2.55. The van der Waals surface area contributed by atoms with E-state index in [-0.39, 0.29) is 18.1 Å². The Morgan fingerprint density at radius 1 is 1.53 bits per heavy atom. The first-order valence-corrected chi connectivity index (χ1v) is 5.67. The highest BCUT2D eigenvalue weighted by Gasteiger charge is 2.14. The third-order valence-electron chi connectivity index (χ3n) is 2.55. The minimum atomic E-state index is -0.479. The van der Waals surface area contributed by atoms with E-state index in [1.165, 1.54) is 14.2 Å². The number of ether oxygens (including phenoxy) is 2. The molecule has 0 saturated heterocycles. The van der Waals surface area contributed by atoms with Crippen LogP contribution >= 0.6 is 0 Å². The molecular formula is C12H15N3O4. The molecule has 0 aliphatic heterocycles. The van der Waals surface area contributed by atoms with Crippen LogP contribution in [0.15, 0.2) is 28.9 Å². The monoisotopic (exact) mass is 265 g/mol. The average Bonchev–Trinajstić information content (AvgIpc) is 3.10. The van der Waals surface area contributed by atoms with Crippen LogP contribution in [0.3, 0.4) is 0 Å². The van der Waals surface area contributed by atoms with Crippen LogP contribution in [0.5, 0.6) is 0 Å². The van der Waals surface area contributed by atoms with Crippen molar-refractivity contribution in [2.45, 2.75) is 6.29 Å². The van der Waals surface area contributed by atoms with Crippen LogP contribution < -0.4 is 5.32 Å². The number of carbonyl (C=O) groups is 1. The number of carbonyl (C=O) groups excluding carboxylic acids is 1. The van der Waals surface area contributed by atoms with Crippen LogP contribution in [0.4, 0.5) is 0 Å². The van der Waals surface area contributed by atoms with E-state index in [4.69, 9.17) is 13.9 Å². The maximum atomic E-state index is 11.8. The molecule has 0 radical (unpaired) electrons. The van der Waals surface area contributed by atoms with Gasteiger partial charge >= 0.3 is 0 Å². The lowest BCUT2D eigenvalue weighted by atomic mass is 10.3. The molecule has 0 spiro atoms. The number of aromatic nitrogens is 2. The molecule has 0 saturated carbocycles. The normalized spacial score (nSPS) is 10.9. The number of nitrogens with zero attached hydrogens (tertiary/aromatic N) is 1. The predicted molar refractivity (Wildman–Crippen MR) is 66.4 cm³/mol. The summed E-state index contributed by atoms with van der Waals surface area (Å²) in [6.45, 7) is 0.245. The standard InChI is InChI=1S/C12H15N3O4/c1-17-11(18-2)7-13-12(16)9-6-8(14-15-9)10-4-3-5-19-10/h3-6,11H,7H2,1-2H3,(H,13,16)(H,14,15). The lowest BCUT2D eigenvalue weighted by Gasteiger charge is -2.13. The van der Waals surface area contributed by atoms with Gasteiger partial charge in [0.2, 0.25) is 0 Å². The summed E-state index contributed by atoms with van der Waals surface area (Å²) in [4.78, 5) is 11.8. The van der Waals surface area contributed by atoms with Gasteiger partial charge in [-0.2, -0.15) is 5.10 Å². The van der Waals surface area contributed by atoms with E-state index in [1.54, 1.807) is 24.5 Å². The number of furan rings is 1. The van der Waals surface area contributed by atoms with Crippen molar-refractivity contribution in [2.24, 2.45) is 0 Å². The van der Waals surface area contributed by atoms with Gasteiger partial charge in [0.15, 0.2) is 17.7 Å². The van der Waals surface area contributed by atoms with Crippen molar-refractivity contribution in [1.82, 2.24) is 15.5 Å². The topological polar surface area (TPSA) is 89.4 Å². The summed E-state index contributed by atoms with van der Waals surface area (Å²) >= 11 is 0. The maximum absolute atomic E-state index is 11.8. The zero-order chi connectivity index (χ0) is 13.7. The summed E-state index contributed by atoms with van der Waals surface area (Å²) in [6.07, 6.45) is 1.07. The molecule has 2 aromatic heterocycles. The van der Waals surface area contributed by atoms with Crippen LogP contribution in [0.1, 0.15) is 10.5 Å². The van der Waals surface area contributed by atoms with Gasteiger partial charge in [0, 0.05) is 20.3 Å². The fraction of sp³-hybridized carbons (Fsp3) is 0.333. The van der Waals surface area contributed by atoms with Gasteiger partial charge in [-0.25, -0.2) is 0 Å². The Morgan fingerprint density at radius 3 is 2.95 bits per heavy atom.